The lowest BCUT2D eigenvalue weighted by Crippen LogP contribution is -2.10. The quantitative estimate of drug-likeness (QED) is 0.625. The summed E-state index contributed by atoms with van der Waals surface area (Å²) in [6, 6.07) is 3.29. The van der Waals surface area contributed by atoms with Crippen LogP contribution in [0.5, 0.6) is 0 Å². The average molecular weight is 192 g/mol. The number of aromatic nitrogens is 5. The third kappa shape index (κ3) is 3.39. The van der Waals surface area contributed by atoms with Gasteiger partial charge in [-0.3, -0.25) is 9.78 Å². The Morgan fingerprint density at radius 1 is 1.50 bits per heavy atom. The van der Waals surface area contributed by atoms with Crippen LogP contribution in [0.2, 0.25) is 0 Å². The summed E-state index contributed by atoms with van der Waals surface area (Å²) in [6.45, 7) is 0. The number of amides is 1. The predicted octanol–water partition coefficient (Wildman–Crippen LogP) is -0.620. The van der Waals surface area contributed by atoms with E-state index in [9.17, 15) is 4.79 Å². The summed E-state index contributed by atoms with van der Waals surface area (Å²) in [5, 5.41) is 12.2. The van der Waals surface area contributed by atoms with Gasteiger partial charge >= 0.3 is 0 Å². The monoisotopic (exact) mass is 192 g/mol. The lowest BCUT2D eigenvalue weighted by Gasteiger charge is -1.88. The Kier molecular flexibility index (Phi) is 3.74. The van der Waals surface area contributed by atoms with Crippen molar-refractivity contribution < 1.29 is 4.79 Å². The minimum Gasteiger partial charge on any atom is -0.366 e. The van der Waals surface area contributed by atoms with Crippen LogP contribution in [-0.4, -0.2) is 31.5 Å². The van der Waals surface area contributed by atoms with Gasteiger partial charge in [-0.1, -0.05) is 5.21 Å². The zero-order chi connectivity index (χ0) is 10.2. The van der Waals surface area contributed by atoms with Crippen LogP contribution in [0.3, 0.4) is 0 Å². The van der Waals surface area contributed by atoms with Crippen molar-refractivity contribution in [1.29, 1.82) is 0 Å². The zero-order valence-electron chi connectivity index (χ0n) is 7.16. The molecule has 0 spiro atoms. The van der Waals surface area contributed by atoms with Crippen LogP contribution in [0.25, 0.3) is 0 Å². The molecule has 0 aliphatic rings. The summed E-state index contributed by atoms with van der Waals surface area (Å²) < 4.78 is 0. The molecule has 3 N–H and O–H groups in total. The van der Waals surface area contributed by atoms with E-state index in [1.165, 1.54) is 12.5 Å². The lowest BCUT2D eigenvalue weighted by molar-refractivity contribution is 0.1000. The largest absolute Gasteiger partial charge is 0.366 e. The van der Waals surface area contributed by atoms with Crippen molar-refractivity contribution in [3.63, 3.8) is 0 Å². The third-order valence-corrected chi connectivity index (χ3v) is 1.22. The highest BCUT2D eigenvalue weighted by molar-refractivity contribution is 5.92. The summed E-state index contributed by atoms with van der Waals surface area (Å²) in [5.41, 5.74) is 5.38. The fourth-order valence-corrected chi connectivity index (χ4v) is 0.638. The molecule has 2 aromatic rings. The maximum atomic E-state index is 10.4. The molecule has 2 aromatic heterocycles. The molecule has 0 saturated heterocycles. The van der Waals surface area contributed by atoms with Gasteiger partial charge in [-0.25, -0.2) is 0 Å². The van der Waals surface area contributed by atoms with E-state index in [2.05, 4.69) is 25.6 Å². The predicted molar refractivity (Wildman–Crippen MR) is 46.9 cm³/mol. The first-order valence-corrected chi connectivity index (χ1v) is 3.67. The van der Waals surface area contributed by atoms with Crippen molar-refractivity contribution in [2.45, 2.75) is 0 Å². The van der Waals surface area contributed by atoms with E-state index in [1.807, 2.05) is 0 Å². The number of nitrogens with two attached hydrogens (primary N) is 1. The van der Waals surface area contributed by atoms with Gasteiger partial charge in [-0.05, 0) is 12.1 Å². The summed E-state index contributed by atoms with van der Waals surface area (Å²) >= 11 is 0. The molecule has 0 aliphatic carbocycles. The van der Waals surface area contributed by atoms with Crippen LogP contribution in [0, 0.1) is 0 Å². The zero-order valence-corrected chi connectivity index (χ0v) is 7.16. The van der Waals surface area contributed by atoms with Crippen molar-refractivity contribution >= 4 is 5.91 Å². The van der Waals surface area contributed by atoms with Gasteiger partial charge in [0.05, 0.1) is 5.56 Å². The number of primary amides is 1. The van der Waals surface area contributed by atoms with E-state index in [4.69, 9.17) is 5.73 Å². The van der Waals surface area contributed by atoms with Crippen molar-refractivity contribution in [2.24, 2.45) is 5.73 Å². The van der Waals surface area contributed by atoms with E-state index in [0.717, 1.165) is 0 Å². The molecule has 0 radical (unpaired) electrons. The molecule has 2 heterocycles. The number of pyridine rings is 1. The first kappa shape index (κ1) is 9.78. The smallest absolute Gasteiger partial charge is 0.250 e. The number of nitrogens with zero attached hydrogens (tertiary/aromatic N) is 4. The highest BCUT2D eigenvalue weighted by atomic mass is 16.1. The molecule has 0 atom stereocenters. The number of rotatable bonds is 1. The number of tetrazole rings is 1. The lowest BCUT2D eigenvalue weighted by atomic mass is 10.3. The normalized spacial score (nSPS) is 8.57. The molecule has 1 amide bonds. The molecule has 0 saturated carbocycles. The van der Waals surface area contributed by atoms with Gasteiger partial charge in [-0.15, -0.1) is 10.2 Å². The molecule has 0 aromatic carbocycles. The van der Waals surface area contributed by atoms with Crippen LogP contribution < -0.4 is 5.73 Å². The molecule has 7 nitrogen and oxygen atoms in total. The first-order valence-electron chi connectivity index (χ1n) is 3.67. The van der Waals surface area contributed by atoms with Crippen LogP contribution in [0.1, 0.15) is 10.4 Å². The Morgan fingerprint density at radius 3 is 2.64 bits per heavy atom. The number of hydrogen-bond donors (Lipinski definition) is 2. The number of carbonyl (C=O) groups is 1. The van der Waals surface area contributed by atoms with Crippen molar-refractivity contribution in [2.75, 3.05) is 0 Å². The Labute approximate surface area is 79.4 Å². The van der Waals surface area contributed by atoms with Gasteiger partial charge in [0.2, 0.25) is 5.91 Å². The van der Waals surface area contributed by atoms with E-state index in [1.54, 1.807) is 18.3 Å². The molecule has 7 heteroatoms. The van der Waals surface area contributed by atoms with E-state index in [0.29, 0.717) is 5.56 Å². The number of H-pyrrole nitrogens is 1. The third-order valence-electron chi connectivity index (χ3n) is 1.22. The maximum Gasteiger partial charge on any atom is 0.250 e. The van der Waals surface area contributed by atoms with Gasteiger partial charge in [0.1, 0.15) is 0 Å². The fraction of sp³-hybridized carbons (Fsp3) is 0. The van der Waals surface area contributed by atoms with Crippen LogP contribution >= 0.6 is 0 Å². The van der Waals surface area contributed by atoms with Crippen LogP contribution in [0.4, 0.5) is 0 Å². The van der Waals surface area contributed by atoms with Crippen molar-refractivity contribution in [1.82, 2.24) is 25.6 Å². The minimum atomic E-state index is -0.442. The van der Waals surface area contributed by atoms with Gasteiger partial charge < -0.3 is 5.73 Å². The molecule has 0 bridgehead atoms. The molecule has 0 unspecified atom stereocenters. The molecule has 0 aliphatic heterocycles. The summed E-state index contributed by atoms with van der Waals surface area (Å²) in [4.78, 5) is 14.1. The number of carbonyl (C=O) groups excluding carboxylic acids is 1. The highest BCUT2D eigenvalue weighted by Crippen LogP contribution is 1.91. The second-order valence-corrected chi connectivity index (χ2v) is 2.17. The second kappa shape index (κ2) is 5.36. The van der Waals surface area contributed by atoms with Gasteiger partial charge in [-0.2, -0.15) is 5.21 Å². The average Bonchev–Trinajstić information content (AvgIpc) is 2.77. The minimum absolute atomic E-state index is 0.442. The number of hydrogen-bond acceptors (Lipinski definition) is 5. The van der Waals surface area contributed by atoms with E-state index < -0.39 is 5.91 Å². The molecular formula is C7H8N6O. The van der Waals surface area contributed by atoms with Gasteiger partial charge in [0, 0.05) is 12.4 Å². The maximum absolute atomic E-state index is 10.4. The van der Waals surface area contributed by atoms with Crippen LogP contribution in [-0.2, 0) is 0 Å². The Bertz CT molecular complexity index is 342. The van der Waals surface area contributed by atoms with Crippen molar-refractivity contribution in [3.8, 4) is 0 Å². The van der Waals surface area contributed by atoms with Crippen molar-refractivity contribution in [3.05, 3.63) is 36.4 Å². The number of aromatic amines is 1. The van der Waals surface area contributed by atoms with Gasteiger partial charge in [0.25, 0.3) is 0 Å². The Hall–Kier alpha value is -2.31. The standard InChI is InChI=1S/C6H6N2O.CH2N4/c7-6(9)5-2-1-3-8-4-5;1-2-4-5-3-1/h1-4H,(H2,7,9);1H,(H,2,3,4,5). The summed E-state index contributed by atoms with van der Waals surface area (Å²) in [6.07, 6.45) is 4.36. The molecule has 0 fully saturated rings. The molecular weight excluding hydrogens is 184 g/mol. The highest BCUT2D eigenvalue weighted by Gasteiger charge is 1.94. The molecule has 72 valence electrons. The Morgan fingerprint density at radius 2 is 2.36 bits per heavy atom. The number of nitrogens with one attached hydrogen (secondary N) is 1. The first-order chi connectivity index (χ1) is 6.80. The fourth-order valence-electron chi connectivity index (χ4n) is 0.638. The van der Waals surface area contributed by atoms with E-state index in [-0.39, 0.29) is 0 Å². The molecule has 14 heavy (non-hydrogen) atoms. The topological polar surface area (TPSA) is 110 Å². The molecule has 2 rings (SSSR count). The van der Waals surface area contributed by atoms with Gasteiger partial charge in [0.15, 0.2) is 6.33 Å². The van der Waals surface area contributed by atoms with Crippen LogP contribution in [0.15, 0.2) is 30.9 Å². The SMILES string of the molecule is NC(=O)c1cccnc1.c1nn[nH]n1. The Balaban J connectivity index is 0.000000165. The van der Waals surface area contributed by atoms with E-state index >= 15 is 0 Å². The summed E-state index contributed by atoms with van der Waals surface area (Å²) in [5.74, 6) is -0.442. The summed E-state index contributed by atoms with van der Waals surface area (Å²) in [7, 11) is 0. The second-order valence-electron chi connectivity index (χ2n) is 2.17.